The number of halogens is 1. The number of carbonyl (C=O) groups is 1. The Morgan fingerprint density at radius 3 is 2.81 bits per heavy atom. The number of ether oxygens (including phenoxy) is 1. The molecule has 2 N–H and O–H groups in total. The highest BCUT2D eigenvalue weighted by Crippen LogP contribution is 2.29. The molecule has 2 aromatic carbocycles. The van der Waals surface area contributed by atoms with Crippen LogP contribution in [0.25, 0.3) is 0 Å². The van der Waals surface area contributed by atoms with Crippen molar-refractivity contribution in [1.29, 1.82) is 0 Å². The van der Waals surface area contributed by atoms with Gasteiger partial charge >= 0.3 is 0 Å². The summed E-state index contributed by atoms with van der Waals surface area (Å²) in [6.45, 7) is 0.934. The lowest BCUT2D eigenvalue weighted by atomic mass is 9.99. The molecule has 0 saturated heterocycles. The van der Waals surface area contributed by atoms with Crippen molar-refractivity contribution in [3.8, 4) is 5.75 Å². The first-order valence-corrected chi connectivity index (χ1v) is 7.43. The van der Waals surface area contributed by atoms with Gasteiger partial charge in [-0.05, 0) is 35.4 Å². The van der Waals surface area contributed by atoms with Gasteiger partial charge in [-0.25, -0.2) is 0 Å². The third-order valence-corrected chi connectivity index (χ3v) is 3.87. The number of carbonyl (C=O) groups excluding carboxylic acids is 1. The number of amides is 1. The average Bonchev–Trinajstić information content (AvgIpc) is 2.68. The first-order valence-electron chi connectivity index (χ1n) is 6.63. The molecular formula is C16H14BrNO3. The van der Waals surface area contributed by atoms with Crippen molar-refractivity contribution in [3.63, 3.8) is 0 Å². The fourth-order valence-electron chi connectivity index (χ4n) is 2.31. The summed E-state index contributed by atoms with van der Waals surface area (Å²) in [5.74, 6) is 0.376. The van der Waals surface area contributed by atoms with Crippen LogP contribution in [0.1, 0.15) is 27.6 Å². The van der Waals surface area contributed by atoms with Gasteiger partial charge in [0.2, 0.25) is 0 Å². The molecular weight excluding hydrogens is 334 g/mol. The monoisotopic (exact) mass is 347 g/mol. The molecule has 2 aromatic rings. The molecule has 0 fully saturated rings. The highest BCUT2D eigenvalue weighted by Gasteiger charge is 2.19. The average molecular weight is 348 g/mol. The van der Waals surface area contributed by atoms with Gasteiger partial charge < -0.3 is 15.2 Å². The zero-order valence-electron chi connectivity index (χ0n) is 11.2. The summed E-state index contributed by atoms with van der Waals surface area (Å²) in [4.78, 5) is 12.0. The number of aliphatic hydroxyl groups is 1. The fourth-order valence-corrected chi connectivity index (χ4v) is 2.73. The van der Waals surface area contributed by atoms with Crippen LogP contribution in [0.3, 0.4) is 0 Å². The number of rotatable bonds is 2. The minimum absolute atomic E-state index is 0.175. The lowest BCUT2D eigenvalue weighted by Crippen LogP contribution is -2.24. The van der Waals surface area contributed by atoms with Crippen LogP contribution in [0.2, 0.25) is 0 Å². The van der Waals surface area contributed by atoms with E-state index in [9.17, 15) is 9.90 Å². The molecule has 0 spiro atoms. The Bertz CT molecular complexity index is 687. The van der Waals surface area contributed by atoms with E-state index >= 15 is 0 Å². The molecule has 1 aliphatic rings. The van der Waals surface area contributed by atoms with E-state index in [0.29, 0.717) is 30.0 Å². The van der Waals surface area contributed by atoms with Gasteiger partial charge in [-0.3, -0.25) is 4.79 Å². The molecule has 3 rings (SSSR count). The van der Waals surface area contributed by atoms with Crippen molar-refractivity contribution < 1.29 is 14.6 Å². The van der Waals surface area contributed by atoms with Gasteiger partial charge in [0.1, 0.15) is 18.5 Å². The van der Waals surface area contributed by atoms with Gasteiger partial charge in [-0.15, -0.1) is 0 Å². The lowest BCUT2D eigenvalue weighted by molar-refractivity contribution is 0.0957. The lowest BCUT2D eigenvalue weighted by Gasteiger charge is -2.14. The molecule has 1 atom stereocenters. The smallest absolute Gasteiger partial charge is 0.255 e. The van der Waals surface area contributed by atoms with Gasteiger partial charge in [-0.2, -0.15) is 0 Å². The van der Waals surface area contributed by atoms with E-state index in [1.54, 1.807) is 18.2 Å². The van der Waals surface area contributed by atoms with E-state index in [2.05, 4.69) is 21.2 Å². The van der Waals surface area contributed by atoms with Crippen LogP contribution < -0.4 is 10.1 Å². The second kappa shape index (κ2) is 5.87. The van der Waals surface area contributed by atoms with Crippen LogP contribution in [0.4, 0.5) is 0 Å². The van der Waals surface area contributed by atoms with E-state index in [0.717, 1.165) is 10.0 Å². The van der Waals surface area contributed by atoms with Crippen LogP contribution in [-0.4, -0.2) is 24.2 Å². The van der Waals surface area contributed by atoms with Gasteiger partial charge in [0.15, 0.2) is 0 Å². The van der Waals surface area contributed by atoms with Gasteiger partial charge in [0, 0.05) is 4.47 Å². The molecule has 108 valence electrons. The van der Waals surface area contributed by atoms with Crippen LogP contribution in [0.5, 0.6) is 5.75 Å². The number of aliphatic hydroxyl groups excluding tert-OH is 1. The first-order chi connectivity index (χ1) is 10.1. The Hall–Kier alpha value is -1.85. The molecule has 1 unspecified atom stereocenters. The molecule has 0 aromatic heterocycles. The summed E-state index contributed by atoms with van der Waals surface area (Å²) in [5, 5.41) is 13.2. The highest BCUT2D eigenvalue weighted by molar-refractivity contribution is 9.10. The largest absolute Gasteiger partial charge is 0.491 e. The first kappa shape index (κ1) is 14.1. The van der Waals surface area contributed by atoms with E-state index in [1.807, 2.05) is 24.3 Å². The van der Waals surface area contributed by atoms with E-state index in [-0.39, 0.29) is 5.91 Å². The molecule has 0 saturated carbocycles. The summed E-state index contributed by atoms with van der Waals surface area (Å²) in [6.07, 6.45) is -0.788. The van der Waals surface area contributed by atoms with Gasteiger partial charge in [-0.1, -0.05) is 34.1 Å². The molecule has 0 radical (unpaired) electrons. The fraction of sp³-hybridized carbons (Fsp3) is 0.188. The van der Waals surface area contributed by atoms with Crippen molar-refractivity contribution in [2.75, 3.05) is 13.2 Å². The van der Waals surface area contributed by atoms with Crippen LogP contribution in [0.15, 0.2) is 46.9 Å². The third-order valence-electron chi connectivity index (χ3n) is 3.37. The maximum atomic E-state index is 12.0. The number of hydrogen-bond acceptors (Lipinski definition) is 3. The zero-order valence-corrected chi connectivity index (χ0v) is 12.8. The van der Waals surface area contributed by atoms with Crippen LogP contribution in [-0.2, 0) is 0 Å². The van der Waals surface area contributed by atoms with Crippen molar-refractivity contribution in [2.45, 2.75) is 6.10 Å². The topological polar surface area (TPSA) is 58.6 Å². The summed E-state index contributed by atoms with van der Waals surface area (Å²) in [6, 6.07) is 12.7. The molecule has 1 aliphatic heterocycles. The van der Waals surface area contributed by atoms with Crippen molar-refractivity contribution in [1.82, 2.24) is 5.32 Å². The summed E-state index contributed by atoms with van der Waals surface area (Å²) in [7, 11) is 0. The predicted octanol–water partition coefficient (Wildman–Crippen LogP) is 2.65. The molecule has 4 nitrogen and oxygen atoms in total. The van der Waals surface area contributed by atoms with Crippen LogP contribution in [0, 0.1) is 0 Å². The standard InChI is InChI=1S/C16H14BrNO3/c17-12-3-1-2-10(8-12)15(19)11-4-5-14-13(9-11)16(20)18-6-7-21-14/h1-5,8-9,15,19H,6-7H2,(H,18,20). The molecule has 0 bridgehead atoms. The van der Waals surface area contributed by atoms with Crippen LogP contribution >= 0.6 is 15.9 Å². The van der Waals surface area contributed by atoms with Crippen molar-refractivity contribution >= 4 is 21.8 Å². The minimum atomic E-state index is -0.788. The maximum absolute atomic E-state index is 12.0. The van der Waals surface area contributed by atoms with Crippen molar-refractivity contribution in [2.24, 2.45) is 0 Å². The summed E-state index contributed by atoms with van der Waals surface area (Å²) >= 11 is 3.39. The van der Waals surface area contributed by atoms with E-state index in [4.69, 9.17) is 4.74 Å². The second-order valence-corrected chi connectivity index (χ2v) is 5.73. The third kappa shape index (κ3) is 2.94. The minimum Gasteiger partial charge on any atom is -0.491 e. The normalized spacial score (nSPS) is 15.4. The second-order valence-electron chi connectivity index (χ2n) is 4.82. The quantitative estimate of drug-likeness (QED) is 0.877. The Labute approximate surface area is 130 Å². The number of benzene rings is 2. The number of hydrogen-bond donors (Lipinski definition) is 2. The predicted molar refractivity (Wildman–Crippen MR) is 82.5 cm³/mol. The Morgan fingerprint density at radius 2 is 2.00 bits per heavy atom. The highest BCUT2D eigenvalue weighted by atomic mass is 79.9. The Kier molecular flexibility index (Phi) is 3.94. The summed E-state index contributed by atoms with van der Waals surface area (Å²) in [5.41, 5.74) is 1.88. The van der Waals surface area contributed by atoms with E-state index in [1.165, 1.54) is 0 Å². The molecule has 21 heavy (non-hydrogen) atoms. The number of fused-ring (bicyclic) bond motifs is 1. The SMILES string of the molecule is O=C1NCCOc2ccc(C(O)c3cccc(Br)c3)cc21. The summed E-state index contributed by atoms with van der Waals surface area (Å²) < 4.78 is 6.40. The molecule has 0 aliphatic carbocycles. The molecule has 1 heterocycles. The number of nitrogens with one attached hydrogen (secondary N) is 1. The Morgan fingerprint density at radius 1 is 1.19 bits per heavy atom. The zero-order chi connectivity index (χ0) is 14.8. The van der Waals surface area contributed by atoms with Gasteiger partial charge in [0.05, 0.1) is 12.1 Å². The molecule has 1 amide bonds. The maximum Gasteiger partial charge on any atom is 0.255 e. The van der Waals surface area contributed by atoms with E-state index < -0.39 is 6.10 Å². The molecule has 5 heteroatoms. The van der Waals surface area contributed by atoms with Crippen molar-refractivity contribution in [3.05, 3.63) is 63.6 Å². The van der Waals surface area contributed by atoms with Gasteiger partial charge in [0.25, 0.3) is 5.91 Å². The Balaban J connectivity index is 1.98.